The molecule has 0 spiro atoms. The third-order valence-corrected chi connectivity index (χ3v) is 6.16. The van der Waals surface area contributed by atoms with E-state index in [0.717, 1.165) is 38.4 Å². The number of halogens is 3. The number of aliphatic carboxylic acids is 1. The quantitative estimate of drug-likeness (QED) is 0.287. The van der Waals surface area contributed by atoms with E-state index in [1.54, 1.807) is 17.9 Å². The number of carbonyl (C=O) groups is 1. The van der Waals surface area contributed by atoms with E-state index in [9.17, 15) is 18.0 Å². The molecule has 3 aromatic heterocycles. The van der Waals surface area contributed by atoms with Gasteiger partial charge in [-0.2, -0.15) is 13.2 Å². The van der Waals surface area contributed by atoms with Crippen LogP contribution in [0.15, 0.2) is 83.4 Å². The van der Waals surface area contributed by atoms with Gasteiger partial charge in [-0.05, 0) is 17.2 Å². The average molecular weight is 525 g/mol. The Morgan fingerprint density at radius 1 is 1.03 bits per heavy atom. The number of fused-ring (bicyclic) bond motifs is 1. The van der Waals surface area contributed by atoms with Crippen LogP contribution in [0.25, 0.3) is 43.7 Å². The van der Waals surface area contributed by atoms with Gasteiger partial charge in [-0.1, -0.05) is 54.6 Å². The molecule has 0 saturated carbocycles. The molecular weight excluding hydrogens is 505 g/mol. The van der Waals surface area contributed by atoms with Crippen molar-refractivity contribution in [2.45, 2.75) is 12.7 Å². The number of benzene rings is 2. The summed E-state index contributed by atoms with van der Waals surface area (Å²) in [7, 11) is 0. The number of pyridine rings is 2. The number of rotatable bonds is 4. The first-order valence-electron chi connectivity index (χ1n) is 10.8. The monoisotopic (exact) mass is 524 g/mol. The van der Waals surface area contributed by atoms with E-state index in [4.69, 9.17) is 20.6 Å². The minimum atomic E-state index is -5.08. The highest BCUT2D eigenvalue weighted by Crippen LogP contribution is 2.36. The molecule has 0 bridgehead atoms. The zero-order valence-electron chi connectivity index (χ0n) is 19.0. The number of aromatic amines is 1. The van der Waals surface area contributed by atoms with Crippen LogP contribution in [0.1, 0.15) is 5.56 Å². The topological polar surface area (TPSA) is 122 Å². The molecule has 0 aliphatic carbocycles. The van der Waals surface area contributed by atoms with Crippen LogP contribution in [0.2, 0.25) is 0 Å². The zero-order chi connectivity index (χ0) is 26.6. The molecule has 37 heavy (non-hydrogen) atoms. The van der Waals surface area contributed by atoms with Crippen molar-refractivity contribution in [2.75, 3.05) is 0 Å². The van der Waals surface area contributed by atoms with Gasteiger partial charge in [0.2, 0.25) is 0 Å². The van der Waals surface area contributed by atoms with Gasteiger partial charge >= 0.3 is 12.1 Å². The number of nitrogens with one attached hydrogen (secondary N) is 1. The highest BCUT2D eigenvalue weighted by atomic mass is 32.1. The number of alkyl halides is 3. The highest BCUT2D eigenvalue weighted by Gasteiger charge is 2.38. The summed E-state index contributed by atoms with van der Waals surface area (Å²) in [5, 5.41) is 7.68. The minimum absolute atomic E-state index is 0.159. The Hall–Kier alpha value is -4.35. The molecule has 0 aliphatic heterocycles. The fraction of sp³-hybridized carbons (Fsp3) is 0.0769. The number of aromatic nitrogens is 3. The third-order valence-electron chi connectivity index (χ3n) is 5.36. The first-order chi connectivity index (χ1) is 17.7. The Labute approximate surface area is 212 Å². The predicted octanol–water partition coefficient (Wildman–Crippen LogP) is 5.47. The summed E-state index contributed by atoms with van der Waals surface area (Å²) in [5.74, 6) is -2.76. The van der Waals surface area contributed by atoms with Crippen LogP contribution in [0.4, 0.5) is 13.2 Å². The number of nitrogens with two attached hydrogens (primary N) is 1. The van der Waals surface area contributed by atoms with Crippen LogP contribution in [-0.2, 0) is 11.3 Å². The fourth-order valence-electron chi connectivity index (χ4n) is 3.57. The van der Waals surface area contributed by atoms with Gasteiger partial charge < -0.3 is 15.8 Å². The Morgan fingerprint density at radius 3 is 2.27 bits per heavy atom. The van der Waals surface area contributed by atoms with Gasteiger partial charge in [-0.15, -0.1) is 11.3 Å². The first-order valence-corrected chi connectivity index (χ1v) is 11.7. The van der Waals surface area contributed by atoms with Crippen molar-refractivity contribution >= 4 is 28.2 Å². The number of carboxylic acids is 1. The molecular formula is C26H19F3N4O3S. The van der Waals surface area contributed by atoms with E-state index in [1.165, 1.54) is 11.3 Å². The van der Waals surface area contributed by atoms with Crippen LogP contribution in [0, 0.1) is 0 Å². The second kappa shape index (κ2) is 10.7. The standard InChI is InChI=1S/C24H18N4OS.C2HF3O2/c25-11-15-6-8-17(9-7-15)22-18(16-4-2-1-3-5-16)10-19-23(28-22)20(12-27-24(19)29)21-13-26-14-30-21;3-2(4,5)1(6)7/h1-10,12-14H,11,25H2,(H,27,29);(H,6,7). The third kappa shape index (κ3) is 5.74. The van der Waals surface area contributed by atoms with Gasteiger partial charge in [-0.25, -0.2) is 9.78 Å². The van der Waals surface area contributed by atoms with Crippen LogP contribution >= 0.6 is 11.3 Å². The Morgan fingerprint density at radius 2 is 1.70 bits per heavy atom. The van der Waals surface area contributed by atoms with Gasteiger partial charge in [0.05, 0.1) is 27.0 Å². The molecule has 2 aromatic carbocycles. The van der Waals surface area contributed by atoms with Crippen molar-refractivity contribution < 1.29 is 23.1 Å². The molecule has 5 aromatic rings. The lowest BCUT2D eigenvalue weighted by molar-refractivity contribution is -0.192. The van der Waals surface area contributed by atoms with E-state index in [0.29, 0.717) is 17.4 Å². The minimum Gasteiger partial charge on any atom is -0.475 e. The molecule has 4 N–H and O–H groups in total. The van der Waals surface area contributed by atoms with Gasteiger partial charge in [0.15, 0.2) is 0 Å². The molecule has 5 rings (SSSR count). The molecule has 7 nitrogen and oxygen atoms in total. The van der Waals surface area contributed by atoms with Crippen LogP contribution in [0.3, 0.4) is 0 Å². The summed E-state index contributed by atoms with van der Waals surface area (Å²) in [6.45, 7) is 0.488. The molecule has 0 atom stereocenters. The maximum absolute atomic E-state index is 12.7. The van der Waals surface area contributed by atoms with Crippen LogP contribution in [0.5, 0.6) is 0 Å². The lowest BCUT2D eigenvalue weighted by Crippen LogP contribution is -2.21. The molecule has 0 radical (unpaired) electrons. The summed E-state index contributed by atoms with van der Waals surface area (Å²) in [6.07, 6.45) is -1.57. The first kappa shape index (κ1) is 25.7. The maximum Gasteiger partial charge on any atom is 0.490 e. The number of thiazole rings is 1. The van der Waals surface area contributed by atoms with Crippen molar-refractivity contribution in [3.05, 3.63) is 94.5 Å². The van der Waals surface area contributed by atoms with Gasteiger partial charge in [0.1, 0.15) is 0 Å². The van der Waals surface area contributed by atoms with Crippen molar-refractivity contribution in [3.8, 4) is 32.8 Å². The average Bonchev–Trinajstić information content (AvgIpc) is 3.43. The second-order valence-electron chi connectivity index (χ2n) is 7.75. The van der Waals surface area contributed by atoms with Crippen LogP contribution < -0.4 is 11.3 Å². The molecule has 0 fully saturated rings. The fourth-order valence-corrected chi connectivity index (χ4v) is 4.21. The van der Waals surface area contributed by atoms with E-state index in [1.807, 2.05) is 60.7 Å². The lowest BCUT2D eigenvalue weighted by Gasteiger charge is -2.13. The van der Waals surface area contributed by atoms with E-state index >= 15 is 0 Å². The van der Waals surface area contributed by atoms with Gasteiger partial charge in [0, 0.05) is 35.6 Å². The summed E-state index contributed by atoms with van der Waals surface area (Å²) >= 11 is 1.52. The molecule has 0 aliphatic rings. The summed E-state index contributed by atoms with van der Waals surface area (Å²) in [5.41, 5.74) is 13.7. The highest BCUT2D eigenvalue weighted by molar-refractivity contribution is 7.13. The zero-order valence-corrected chi connectivity index (χ0v) is 19.8. The number of hydrogen-bond donors (Lipinski definition) is 3. The largest absolute Gasteiger partial charge is 0.490 e. The lowest BCUT2D eigenvalue weighted by atomic mass is 9.96. The second-order valence-corrected chi connectivity index (χ2v) is 8.63. The van der Waals surface area contributed by atoms with E-state index < -0.39 is 12.1 Å². The number of hydrogen-bond acceptors (Lipinski definition) is 6. The molecule has 188 valence electrons. The predicted molar refractivity (Wildman–Crippen MR) is 136 cm³/mol. The molecule has 0 saturated heterocycles. The van der Waals surface area contributed by atoms with Crippen molar-refractivity contribution in [1.29, 1.82) is 0 Å². The Bertz CT molecular complexity index is 1580. The maximum atomic E-state index is 12.7. The van der Waals surface area contributed by atoms with E-state index in [2.05, 4.69) is 9.97 Å². The van der Waals surface area contributed by atoms with Crippen molar-refractivity contribution in [3.63, 3.8) is 0 Å². The SMILES string of the molecule is NCc1ccc(-c2nc3c(-c4cncs4)c[nH]c(=O)c3cc2-c2ccccc2)cc1.O=C(O)C(F)(F)F. The van der Waals surface area contributed by atoms with Crippen molar-refractivity contribution in [1.82, 2.24) is 15.0 Å². The molecule has 0 amide bonds. The summed E-state index contributed by atoms with van der Waals surface area (Å²) < 4.78 is 31.7. The molecule has 11 heteroatoms. The van der Waals surface area contributed by atoms with Crippen molar-refractivity contribution in [2.24, 2.45) is 5.73 Å². The smallest absolute Gasteiger partial charge is 0.475 e. The van der Waals surface area contributed by atoms with Gasteiger partial charge in [0.25, 0.3) is 5.56 Å². The molecule has 3 heterocycles. The van der Waals surface area contributed by atoms with Crippen LogP contribution in [-0.4, -0.2) is 32.2 Å². The van der Waals surface area contributed by atoms with Gasteiger partial charge in [-0.3, -0.25) is 9.78 Å². The Kier molecular flexibility index (Phi) is 7.46. The number of carboxylic acid groups (broad SMARTS) is 1. The summed E-state index contributed by atoms with van der Waals surface area (Å²) in [6, 6.07) is 20.0. The number of H-pyrrole nitrogens is 1. The van der Waals surface area contributed by atoms with E-state index in [-0.39, 0.29) is 5.56 Å². The number of nitrogens with zero attached hydrogens (tertiary/aromatic N) is 2. The summed E-state index contributed by atoms with van der Waals surface area (Å²) in [4.78, 5) is 34.6. The Balaban J connectivity index is 0.000000405. The normalized spacial score (nSPS) is 11.1. The molecule has 0 unspecified atom stereocenters.